The van der Waals surface area contributed by atoms with Crippen molar-refractivity contribution in [3.63, 3.8) is 0 Å². The number of rotatable bonds is 3. The van der Waals surface area contributed by atoms with Crippen LogP contribution in [0.4, 0.5) is 10.5 Å². The zero-order chi connectivity index (χ0) is 12.2. The maximum absolute atomic E-state index is 11.6. The van der Waals surface area contributed by atoms with Gasteiger partial charge < -0.3 is 10.6 Å². The summed E-state index contributed by atoms with van der Waals surface area (Å²) in [6.45, 7) is 8.07. The zero-order valence-electron chi connectivity index (χ0n) is 10.4. The quantitative estimate of drug-likeness (QED) is 0.806. The van der Waals surface area contributed by atoms with Gasteiger partial charge in [0, 0.05) is 11.2 Å². The maximum Gasteiger partial charge on any atom is 0.319 e. The number of benzene rings is 1. The third-order valence-corrected chi connectivity index (χ3v) is 2.65. The Hall–Kier alpha value is -1.51. The topological polar surface area (TPSA) is 41.1 Å². The van der Waals surface area contributed by atoms with Crippen molar-refractivity contribution in [3.8, 4) is 0 Å². The fourth-order valence-corrected chi connectivity index (χ4v) is 1.19. The molecule has 0 heterocycles. The van der Waals surface area contributed by atoms with Gasteiger partial charge >= 0.3 is 6.03 Å². The predicted molar refractivity (Wildman–Crippen MR) is 67.7 cm³/mol. The number of urea groups is 1. The largest absolute Gasteiger partial charge is 0.333 e. The van der Waals surface area contributed by atoms with Crippen molar-refractivity contribution >= 4 is 11.7 Å². The van der Waals surface area contributed by atoms with Crippen LogP contribution in [0.3, 0.4) is 0 Å². The van der Waals surface area contributed by atoms with E-state index in [9.17, 15) is 4.79 Å². The van der Waals surface area contributed by atoms with Crippen LogP contribution in [0, 0.1) is 6.92 Å². The second kappa shape index (κ2) is 5.01. The molecule has 0 fully saturated rings. The Kier molecular flexibility index (Phi) is 3.93. The molecule has 0 aromatic heterocycles. The molecule has 16 heavy (non-hydrogen) atoms. The highest BCUT2D eigenvalue weighted by Gasteiger charge is 2.17. The summed E-state index contributed by atoms with van der Waals surface area (Å²) in [6, 6.07) is 7.58. The van der Waals surface area contributed by atoms with Crippen molar-refractivity contribution < 1.29 is 4.79 Å². The Morgan fingerprint density at radius 2 is 1.81 bits per heavy atom. The third kappa shape index (κ3) is 3.93. The molecule has 0 aliphatic carbocycles. The molecule has 3 heteroatoms. The van der Waals surface area contributed by atoms with E-state index in [1.54, 1.807) is 0 Å². The van der Waals surface area contributed by atoms with Gasteiger partial charge in [0.15, 0.2) is 0 Å². The Labute approximate surface area is 97.2 Å². The molecule has 1 rings (SSSR count). The van der Waals surface area contributed by atoms with Crippen LogP contribution in [-0.2, 0) is 0 Å². The van der Waals surface area contributed by atoms with Gasteiger partial charge in [-0.25, -0.2) is 4.79 Å². The molecule has 0 atom stereocenters. The fourth-order valence-electron chi connectivity index (χ4n) is 1.19. The van der Waals surface area contributed by atoms with Gasteiger partial charge in [0.05, 0.1) is 0 Å². The maximum atomic E-state index is 11.6. The number of amides is 2. The molecule has 0 radical (unpaired) electrons. The lowest BCUT2D eigenvalue weighted by Gasteiger charge is -2.24. The molecule has 2 N–H and O–H groups in total. The molecule has 88 valence electrons. The van der Waals surface area contributed by atoms with Gasteiger partial charge in [-0.15, -0.1) is 0 Å². The van der Waals surface area contributed by atoms with E-state index in [-0.39, 0.29) is 11.6 Å². The molecule has 1 aromatic rings. The highest BCUT2D eigenvalue weighted by Crippen LogP contribution is 2.10. The van der Waals surface area contributed by atoms with Crippen molar-refractivity contribution in [2.45, 2.75) is 39.7 Å². The molecule has 0 bridgehead atoms. The second-order valence-corrected chi connectivity index (χ2v) is 4.68. The van der Waals surface area contributed by atoms with E-state index in [2.05, 4.69) is 10.6 Å². The van der Waals surface area contributed by atoms with Crippen molar-refractivity contribution in [1.82, 2.24) is 5.32 Å². The lowest BCUT2D eigenvalue weighted by Crippen LogP contribution is -2.45. The summed E-state index contributed by atoms with van der Waals surface area (Å²) in [5, 5.41) is 5.73. The van der Waals surface area contributed by atoms with Gasteiger partial charge in [-0.3, -0.25) is 0 Å². The zero-order valence-corrected chi connectivity index (χ0v) is 10.4. The minimum Gasteiger partial charge on any atom is -0.333 e. The number of carbonyl (C=O) groups is 1. The molecule has 2 amide bonds. The minimum atomic E-state index is -0.172. The normalized spacial score (nSPS) is 11.0. The summed E-state index contributed by atoms with van der Waals surface area (Å²) in [7, 11) is 0. The first-order valence-corrected chi connectivity index (χ1v) is 5.59. The van der Waals surface area contributed by atoms with Crippen molar-refractivity contribution in [2.24, 2.45) is 0 Å². The first-order valence-electron chi connectivity index (χ1n) is 5.59. The van der Waals surface area contributed by atoms with Gasteiger partial charge in [-0.05, 0) is 39.3 Å². The van der Waals surface area contributed by atoms with Gasteiger partial charge in [0.25, 0.3) is 0 Å². The lowest BCUT2D eigenvalue weighted by molar-refractivity contribution is 0.240. The van der Waals surface area contributed by atoms with E-state index >= 15 is 0 Å². The first kappa shape index (κ1) is 12.6. The average molecular weight is 220 g/mol. The molecule has 0 aliphatic heterocycles. The molecular formula is C13H20N2O. The van der Waals surface area contributed by atoms with Crippen LogP contribution < -0.4 is 10.6 Å². The molecular weight excluding hydrogens is 200 g/mol. The third-order valence-electron chi connectivity index (χ3n) is 2.65. The van der Waals surface area contributed by atoms with Crippen LogP contribution >= 0.6 is 0 Å². The lowest BCUT2D eigenvalue weighted by atomic mass is 10.0. The molecule has 0 unspecified atom stereocenters. The molecule has 0 saturated heterocycles. The standard InChI is InChI=1S/C13H20N2O/c1-5-13(3,4)15-12(16)14-11-8-6-10(2)7-9-11/h6-9H,5H2,1-4H3,(H2,14,15,16). The summed E-state index contributed by atoms with van der Waals surface area (Å²) in [4.78, 5) is 11.6. The van der Waals surface area contributed by atoms with Gasteiger partial charge in [-0.1, -0.05) is 24.6 Å². The van der Waals surface area contributed by atoms with Crippen molar-refractivity contribution in [1.29, 1.82) is 0 Å². The van der Waals surface area contributed by atoms with Crippen LogP contribution in [0.1, 0.15) is 32.8 Å². The Balaban J connectivity index is 2.55. The molecule has 0 aliphatic rings. The predicted octanol–water partition coefficient (Wildman–Crippen LogP) is 3.31. The Morgan fingerprint density at radius 1 is 1.25 bits per heavy atom. The SMILES string of the molecule is CCC(C)(C)NC(=O)Nc1ccc(C)cc1. The summed E-state index contributed by atoms with van der Waals surface area (Å²) in [5.74, 6) is 0. The summed E-state index contributed by atoms with van der Waals surface area (Å²) < 4.78 is 0. The molecule has 3 nitrogen and oxygen atoms in total. The summed E-state index contributed by atoms with van der Waals surface area (Å²) in [6.07, 6.45) is 0.897. The van der Waals surface area contributed by atoms with Crippen LogP contribution in [0.2, 0.25) is 0 Å². The van der Waals surface area contributed by atoms with Crippen LogP contribution in [0.15, 0.2) is 24.3 Å². The van der Waals surface area contributed by atoms with Crippen LogP contribution in [-0.4, -0.2) is 11.6 Å². The first-order chi connectivity index (χ1) is 7.43. The smallest absolute Gasteiger partial charge is 0.319 e. The average Bonchev–Trinajstić information content (AvgIpc) is 2.21. The van der Waals surface area contributed by atoms with Gasteiger partial charge in [-0.2, -0.15) is 0 Å². The van der Waals surface area contributed by atoms with Crippen molar-refractivity contribution in [3.05, 3.63) is 29.8 Å². The van der Waals surface area contributed by atoms with E-state index < -0.39 is 0 Å². The highest BCUT2D eigenvalue weighted by molar-refractivity contribution is 5.89. The molecule has 1 aromatic carbocycles. The van der Waals surface area contributed by atoms with Crippen LogP contribution in [0.5, 0.6) is 0 Å². The number of anilines is 1. The minimum absolute atomic E-state index is 0.157. The van der Waals surface area contributed by atoms with Gasteiger partial charge in [0.1, 0.15) is 0 Å². The van der Waals surface area contributed by atoms with E-state index in [1.807, 2.05) is 52.0 Å². The Bertz CT molecular complexity index is 355. The number of hydrogen-bond donors (Lipinski definition) is 2. The number of nitrogens with one attached hydrogen (secondary N) is 2. The second-order valence-electron chi connectivity index (χ2n) is 4.68. The number of carbonyl (C=O) groups excluding carboxylic acids is 1. The van der Waals surface area contributed by atoms with E-state index in [4.69, 9.17) is 0 Å². The van der Waals surface area contributed by atoms with Crippen molar-refractivity contribution in [2.75, 3.05) is 5.32 Å². The summed E-state index contributed by atoms with van der Waals surface area (Å²) >= 11 is 0. The van der Waals surface area contributed by atoms with E-state index in [0.29, 0.717) is 0 Å². The fraction of sp³-hybridized carbons (Fsp3) is 0.462. The monoisotopic (exact) mass is 220 g/mol. The molecule has 0 saturated carbocycles. The number of hydrogen-bond acceptors (Lipinski definition) is 1. The highest BCUT2D eigenvalue weighted by atomic mass is 16.2. The van der Waals surface area contributed by atoms with Gasteiger partial charge in [0.2, 0.25) is 0 Å². The summed E-state index contributed by atoms with van der Waals surface area (Å²) in [5.41, 5.74) is 1.82. The van der Waals surface area contributed by atoms with E-state index in [0.717, 1.165) is 12.1 Å². The number of aryl methyl sites for hydroxylation is 1. The van der Waals surface area contributed by atoms with E-state index in [1.165, 1.54) is 5.56 Å². The molecule has 0 spiro atoms. The van der Waals surface area contributed by atoms with Crippen LogP contribution in [0.25, 0.3) is 0 Å². The Morgan fingerprint density at radius 3 is 2.31 bits per heavy atom.